The molecule has 0 atom stereocenters. The summed E-state index contributed by atoms with van der Waals surface area (Å²) in [5, 5.41) is 17.0. The maximum atomic E-state index is 4.10. The van der Waals surface area contributed by atoms with Crippen molar-refractivity contribution in [3.05, 3.63) is 0 Å². The van der Waals surface area contributed by atoms with Crippen LogP contribution < -0.4 is 5.32 Å². The van der Waals surface area contributed by atoms with E-state index in [4.69, 9.17) is 0 Å². The van der Waals surface area contributed by atoms with Gasteiger partial charge in [-0.25, -0.2) is 4.68 Å². The van der Waals surface area contributed by atoms with E-state index in [2.05, 4.69) is 34.7 Å². The predicted molar refractivity (Wildman–Crippen MR) is 69.1 cm³/mol. The Labute approximate surface area is 107 Å². The Bertz CT molecular complexity index is 332. The Morgan fingerprint density at radius 2 is 2.18 bits per heavy atom. The van der Waals surface area contributed by atoms with E-state index >= 15 is 0 Å². The Morgan fingerprint density at radius 3 is 2.82 bits per heavy atom. The monoisotopic (exact) mass is 255 g/mol. The molecule has 0 amide bonds. The molecule has 0 aliphatic heterocycles. The van der Waals surface area contributed by atoms with Gasteiger partial charge in [0.1, 0.15) is 0 Å². The summed E-state index contributed by atoms with van der Waals surface area (Å²) in [6, 6.07) is 0.751. The topological polar surface area (TPSA) is 55.6 Å². The van der Waals surface area contributed by atoms with E-state index in [0.717, 1.165) is 37.1 Å². The van der Waals surface area contributed by atoms with Crippen molar-refractivity contribution in [2.75, 3.05) is 6.54 Å². The molecule has 1 fully saturated rings. The van der Waals surface area contributed by atoms with Crippen molar-refractivity contribution in [2.24, 2.45) is 0 Å². The smallest absolute Gasteiger partial charge is 0.209 e. The fourth-order valence-corrected chi connectivity index (χ4v) is 2.65. The highest BCUT2D eigenvalue weighted by Gasteiger charge is 2.20. The zero-order chi connectivity index (χ0) is 12.1. The van der Waals surface area contributed by atoms with Gasteiger partial charge in [-0.05, 0) is 36.1 Å². The molecule has 6 heteroatoms. The van der Waals surface area contributed by atoms with Crippen LogP contribution in [0.2, 0.25) is 0 Å². The molecule has 1 saturated carbocycles. The summed E-state index contributed by atoms with van der Waals surface area (Å²) in [5.74, 6) is 0. The van der Waals surface area contributed by atoms with Crippen LogP contribution in [0.4, 0.5) is 0 Å². The van der Waals surface area contributed by atoms with Gasteiger partial charge in [0.05, 0.1) is 6.54 Å². The van der Waals surface area contributed by atoms with Gasteiger partial charge in [-0.2, -0.15) is 0 Å². The molecule has 17 heavy (non-hydrogen) atoms. The van der Waals surface area contributed by atoms with Crippen molar-refractivity contribution < 1.29 is 0 Å². The van der Waals surface area contributed by atoms with E-state index in [1.54, 1.807) is 11.8 Å². The van der Waals surface area contributed by atoms with Crippen LogP contribution >= 0.6 is 11.8 Å². The lowest BCUT2D eigenvalue weighted by atomic mass is 10.3. The van der Waals surface area contributed by atoms with Crippen LogP contribution in [0, 0.1) is 0 Å². The molecule has 2 rings (SSSR count). The standard InChI is InChI=1S/C11H21N5S/c1-3-10(4-2)17-11-13-14-15-16(11)8-7-12-9-5-6-9/h9-10,12H,3-8H2,1-2H3. The quantitative estimate of drug-likeness (QED) is 0.717. The van der Waals surface area contributed by atoms with Gasteiger partial charge < -0.3 is 5.32 Å². The fourth-order valence-electron chi connectivity index (χ4n) is 1.69. The van der Waals surface area contributed by atoms with Gasteiger partial charge in [0.15, 0.2) is 0 Å². The second-order valence-electron chi connectivity index (χ2n) is 4.47. The first-order valence-electron chi connectivity index (χ1n) is 6.49. The van der Waals surface area contributed by atoms with Crippen LogP contribution in [0.5, 0.6) is 0 Å². The Balaban J connectivity index is 1.81. The van der Waals surface area contributed by atoms with Crippen LogP contribution in [0.25, 0.3) is 0 Å². The number of nitrogens with one attached hydrogen (secondary N) is 1. The molecule has 1 aliphatic carbocycles. The summed E-state index contributed by atoms with van der Waals surface area (Å²) >= 11 is 1.80. The molecule has 0 unspecified atom stereocenters. The van der Waals surface area contributed by atoms with E-state index in [1.807, 2.05) is 4.68 Å². The highest BCUT2D eigenvalue weighted by Crippen LogP contribution is 2.24. The molecule has 5 nitrogen and oxygen atoms in total. The normalized spacial score (nSPS) is 15.7. The molecule has 0 spiro atoms. The summed E-state index contributed by atoms with van der Waals surface area (Å²) < 4.78 is 1.92. The first-order valence-corrected chi connectivity index (χ1v) is 7.37. The lowest BCUT2D eigenvalue weighted by molar-refractivity contribution is 0.509. The minimum atomic E-state index is 0.621. The number of hydrogen-bond acceptors (Lipinski definition) is 5. The van der Waals surface area contributed by atoms with Crippen LogP contribution in [0.3, 0.4) is 0 Å². The summed E-state index contributed by atoms with van der Waals surface area (Å²) in [5.41, 5.74) is 0. The second kappa shape index (κ2) is 6.35. The summed E-state index contributed by atoms with van der Waals surface area (Å²) in [4.78, 5) is 0. The minimum Gasteiger partial charge on any atom is -0.312 e. The van der Waals surface area contributed by atoms with Crippen LogP contribution in [-0.4, -0.2) is 38.0 Å². The lowest BCUT2D eigenvalue weighted by Gasteiger charge is -2.11. The third-order valence-electron chi connectivity index (χ3n) is 3.02. The number of hydrogen-bond donors (Lipinski definition) is 1. The maximum Gasteiger partial charge on any atom is 0.209 e. The van der Waals surface area contributed by atoms with Crippen molar-refractivity contribution in [1.82, 2.24) is 25.5 Å². The van der Waals surface area contributed by atoms with Crippen LogP contribution in [-0.2, 0) is 6.54 Å². The fraction of sp³-hybridized carbons (Fsp3) is 0.909. The van der Waals surface area contributed by atoms with Gasteiger partial charge in [0.2, 0.25) is 5.16 Å². The molecule has 1 aliphatic rings. The lowest BCUT2D eigenvalue weighted by Crippen LogP contribution is -2.22. The highest BCUT2D eigenvalue weighted by molar-refractivity contribution is 7.99. The molecule has 1 heterocycles. The molecule has 1 aromatic rings. The van der Waals surface area contributed by atoms with Crippen molar-refractivity contribution in [3.8, 4) is 0 Å². The Kier molecular flexibility index (Phi) is 4.79. The molecule has 96 valence electrons. The molecule has 1 N–H and O–H groups in total. The minimum absolute atomic E-state index is 0.621. The van der Waals surface area contributed by atoms with Gasteiger partial charge in [0, 0.05) is 17.8 Å². The third-order valence-corrected chi connectivity index (χ3v) is 4.52. The number of rotatable bonds is 8. The molecule has 0 bridgehead atoms. The zero-order valence-corrected chi connectivity index (χ0v) is 11.4. The second-order valence-corrected chi connectivity index (χ2v) is 5.74. The SMILES string of the molecule is CCC(CC)Sc1nnnn1CCNC1CC1. The summed E-state index contributed by atoms with van der Waals surface area (Å²) in [6.07, 6.45) is 4.97. The molecule has 0 saturated heterocycles. The van der Waals surface area contributed by atoms with E-state index < -0.39 is 0 Å². The first-order chi connectivity index (χ1) is 8.33. The predicted octanol–water partition coefficient (Wildman–Crippen LogP) is 1.71. The van der Waals surface area contributed by atoms with Crippen LogP contribution in [0.15, 0.2) is 5.16 Å². The number of thioether (sulfide) groups is 1. The Morgan fingerprint density at radius 1 is 1.41 bits per heavy atom. The van der Waals surface area contributed by atoms with Crippen molar-refractivity contribution >= 4 is 11.8 Å². The average Bonchev–Trinajstić information content (AvgIpc) is 3.06. The van der Waals surface area contributed by atoms with E-state index in [-0.39, 0.29) is 0 Å². The first kappa shape index (κ1) is 12.8. The van der Waals surface area contributed by atoms with E-state index in [1.165, 1.54) is 12.8 Å². The average molecular weight is 255 g/mol. The van der Waals surface area contributed by atoms with Gasteiger partial charge >= 0.3 is 0 Å². The van der Waals surface area contributed by atoms with E-state index in [9.17, 15) is 0 Å². The Hall–Kier alpha value is -0.620. The molecule has 0 radical (unpaired) electrons. The van der Waals surface area contributed by atoms with Crippen molar-refractivity contribution in [2.45, 2.75) is 62.5 Å². The molecular weight excluding hydrogens is 234 g/mol. The van der Waals surface area contributed by atoms with Crippen molar-refractivity contribution in [3.63, 3.8) is 0 Å². The van der Waals surface area contributed by atoms with E-state index in [0.29, 0.717) is 5.25 Å². The van der Waals surface area contributed by atoms with Crippen molar-refractivity contribution in [1.29, 1.82) is 0 Å². The zero-order valence-electron chi connectivity index (χ0n) is 10.6. The molecular formula is C11H21N5S. The molecule has 1 aromatic heterocycles. The molecule has 0 aromatic carbocycles. The largest absolute Gasteiger partial charge is 0.312 e. The van der Waals surface area contributed by atoms with Gasteiger partial charge in [-0.15, -0.1) is 5.10 Å². The number of nitrogens with zero attached hydrogens (tertiary/aromatic N) is 4. The van der Waals surface area contributed by atoms with Gasteiger partial charge in [0.25, 0.3) is 0 Å². The third kappa shape index (κ3) is 3.96. The summed E-state index contributed by atoms with van der Waals surface area (Å²) in [6.45, 7) is 6.26. The van der Waals surface area contributed by atoms with Gasteiger partial charge in [-0.1, -0.05) is 25.6 Å². The van der Waals surface area contributed by atoms with Gasteiger partial charge in [-0.3, -0.25) is 0 Å². The summed E-state index contributed by atoms with van der Waals surface area (Å²) in [7, 11) is 0. The number of tetrazole rings is 1. The number of aromatic nitrogens is 4. The maximum absolute atomic E-state index is 4.10. The highest BCUT2D eigenvalue weighted by atomic mass is 32.2. The van der Waals surface area contributed by atoms with Crippen LogP contribution in [0.1, 0.15) is 39.5 Å².